The summed E-state index contributed by atoms with van der Waals surface area (Å²) in [5, 5.41) is 5.92. The van der Waals surface area contributed by atoms with E-state index < -0.39 is 0 Å². The zero-order valence-corrected chi connectivity index (χ0v) is 13.6. The largest absolute Gasteiger partial charge is 0.312 e. The number of nitrogens with zero attached hydrogens (tertiary/aromatic N) is 1. The number of thiazole rings is 1. The Morgan fingerprint density at radius 1 is 1.10 bits per heavy atom. The summed E-state index contributed by atoms with van der Waals surface area (Å²) < 4.78 is 1.24. The Morgan fingerprint density at radius 2 is 1.95 bits per heavy atom. The minimum absolute atomic E-state index is 0.665. The highest BCUT2D eigenvalue weighted by molar-refractivity contribution is 7.18. The van der Waals surface area contributed by atoms with Crippen molar-refractivity contribution in [2.45, 2.75) is 13.0 Å². The molecule has 0 saturated heterocycles. The van der Waals surface area contributed by atoms with E-state index in [1.165, 1.54) is 4.70 Å². The van der Waals surface area contributed by atoms with Gasteiger partial charge in [-0.3, -0.25) is 0 Å². The van der Waals surface area contributed by atoms with E-state index in [-0.39, 0.29) is 0 Å². The van der Waals surface area contributed by atoms with Gasteiger partial charge < -0.3 is 5.32 Å². The van der Waals surface area contributed by atoms with E-state index in [4.69, 9.17) is 23.2 Å². The second-order valence-electron chi connectivity index (χ2n) is 4.74. The van der Waals surface area contributed by atoms with Crippen LogP contribution in [-0.4, -0.2) is 11.5 Å². The summed E-state index contributed by atoms with van der Waals surface area (Å²) in [6.07, 6.45) is 0.921. The van der Waals surface area contributed by atoms with E-state index in [9.17, 15) is 0 Å². The van der Waals surface area contributed by atoms with Crippen LogP contribution in [0.3, 0.4) is 0 Å². The minimum atomic E-state index is 0.665. The Kier molecular flexibility index (Phi) is 4.76. The van der Waals surface area contributed by atoms with Crippen LogP contribution in [0, 0.1) is 0 Å². The molecule has 3 rings (SSSR count). The van der Waals surface area contributed by atoms with Gasteiger partial charge in [0.15, 0.2) is 0 Å². The molecule has 0 aliphatic rings. The molecule has 108 valence electrons. The number of rotatable bonds is 5. The first-order chi connectivity index (χ1) is 10.2. The van der Waals surface area contributed by atoms with Gasteiger partial charge in [0, 0.05) is 29.6 Å². The van der Waals surface area contributed by atoms with Crippen LogP contribution in [0.4, 0.5) is 0 Å². The highest BCUT2D eigenvalue weighted by Gasteiger charge is 2.04. The van der Waals surface area contributed by atoms with Crippen molar-refractivity contribution in [1.82, 2.24) is 10.3 Å². The fourth-order valence-electron chi connectivity index (χ4n) is 2.11. The Balaban J connectivity index is 1.54. The number of para-hydroxylation sites is 1. The zero-order valence-electron chi connectivity index (χ0n) is 11.3. The summed E-state index contributed by atoms with van der Waals surface area (Å²) in [4.78, 5) is 4.62. The molecule has 0 aliphatic heterocycles. The quantitative estimate of drug-likeness (QED) is 0.668. The lowest BCUT2D eigenvalue weighted by atomic mass is 10.2. The molecule has 1 aromatic heterocycles. The summed E-state index contributed by atoms with van der Waals surface area (Å²) in [5.41, 5.74) is 2.14. The van der Waals surface area contributed by atoms with Crippen molar-refractivity contribution in [1.29, 1.82) is 0 Å². The molecule has 0 spiro atoms. The monoisotopic (exact) mass is 336 g/mol. The SMILES string of the molecule is Clc1ccc(CNCCc2nc3ccccc3s2)c(Cl)c1. The predicted molar refractivity (Wildman–Crippen MR) is 91.5 cm³/mol. The van der Waals surface area contributed by atoms with Crippen molar-refractivity contribution in [3.05, 3.63) is 63.1 Å². The highest BCUT2D eigenvalue weighted by Crippen LogP contribution is 2.22. The molecular formula is C16H14Cl2N2S. The summed E-state index contributed by atoms with van der Waals surface area (Å²) in [6.45, 7) is 1.61. The topological polar surface area (TPSA) is 24.9 Å². The first-order valence-electron chi connectivity index (χ1n) is 6.71. The molecular weight excluding hydrogens is 323 g/mol. The van der Waals surface area contributed by atoms with Crippen LogP contribution in [0.25, 0.3) is 10.2 Å². The van der Waals surface area contributed by atoms with Crippen molar-refractivity contribution < 1.29 is 0 Å². The van der Waals surface area contributed by atoms with Gasteiger partial charge in [-0.2, -0.15) is 0 Å². The molecule has 5 heteroatoms. The molecule has 0 radical (unpaired) electrons. The Labute approximate surface area is 137 Å². The third kappa shape index (κ3) is 3.74. The lowest BCUT2D eigenvalue weighted by Gasteiger charge is -2.06. The van der Waals surface area contributed by atoms with E-state index in [1.54, 1.807) is 17.4 Å². The van der Waals surface area contributed by atoms with Gasteiger partial charge in [0.1, 0.15) is 0 Å². The van der Waals surface area contributed by atoms with Crippen LogP contribution in [0.2, 0.25) is 10.0 Å². The number of benzene rings is 2. The molecule has 0 aliphatic carbocycles. The van der Waals surface area contributed by atoms with Gasteiger partial charge in [-0.1, -0.05) is 41.4 Å². The summed E-state index contributed by atoms with van der Waals surface area (Å²) in [7, 11) is 0. The normalized spacial score (nSPS) is 11.1. The average Bonchev–Trinajstić information content (AvgIpc) is 2.88. The van der Waals surface area contributed by atoms with Crippen molar-refractivity contribution >= 4 is 44.8 Å². The molecule has 21 heavy (non-hydrogen) atoms. The standard InChI is InChI=1S/C16H14Cl2N2S/c17-12-6-5-11(13(18)9-12)10-19-8-7-16-20-14-3-1-2-4-15(14)21-16/h1-6,9,19H,7-8,10H2. The van der Waals surface area contributed by atoms with Crippen LogP contribution in [-0.2, 0) is 13.0 Å². The molecule has 0 unspecified atom stereocenters. The molecule has 0 fully saturated rings. The van der Waals surface area contributed by atoms with Gasteiger partial charge in [-0.05, 0) is 29.8 Å². The van der Waals surface area contributed by atoms with Gasteiger partial charge in [0.2, 0.25) is 0 Å². The second-order valence-corrected chi connectivity index (χ2v) is 6.70. The first kappa shape index (κ1) is 14.8. The van der Waals surface area contributed by atoms with Crippen LogP contribution in [0.1, 0.15) is 10.6 Å². The molecule has 0 amide bonds. The van der Waals surface area contributed by atoms with E-state index in [1.807, 2.05) is 24.3 Å². The molecule has 1 N–H and O–H groups in total. The van der Waals surface area contributed by atoms with E-state index in [0.717, 1.165) is 35.6 Å². The Hall–Kier alpha value is -1.13. The van der Waals surface area contributed by atoms with Crippen molar-refractivity contribution in [3.8, 4) is 0 Å². The van der Waals surface area contributed by atoms with Crippen molar-refractivity contribution in [2.24, 2.45) is 0 Å². The van der Waals surface area contributed by atoms with Crippen LogP contribution in [0.15, 0.2) is 42.5 Å². The molecule has 3 aromatic rings. The summed E-state index contributed by atoms with van der Waals surface area (Å²) in [6, 6.07) is 13.8. The van der Waals surface area contributed by atoms with E-state index >= 15 is 0 Å². The van der Waals surface area contributed by atoms with Gasteiger partial charge in [0.25, 0.3) is 0 Å². The molecule has 2 aromatic carbocycles. The Bertz CT molecular complexity index is 722. The molecule has 2 nitrogen and oxygen atoms in total. The number of halogens is 2. The molecule has 1 heterocycles. The maximum absolute atomic E-state index is 6.14. The zero-order chi connectivity index (χ0) is 14.7. The first-order valence-corrected chi connectivity index (χ1v) is 8.29. The Morgan fingerprint density at radius 3 is 2.76 bits per heavy atom. The fourth-order valence-corrected chi connectivity index (χ4v) is 3.55. The summed E-state index contributed by atoms with van der Waals surface area (Å²) in [5.74, 6) is 0. The van der Waals surface area contributed by atoms with Crippen molar-refractivity contribution in [3.63, 3.8) is 0 Å². The molecule has 0 saturated carbocycles. The van der Waals surface area contributed by atoms with Crippen LogP contribution in [0.5, 0.6) is 0 Å². The number of hydrogen-bond acceptors (Lipinski definition) is 3. The van der Waals surface area contributed by atoms with Crippen molar-refractivity contribution in [2.75, 3.05) is 6.54 Å². The smallest absolute Gasteiger partial charge is 0.0951 e. The minimum Gasteiger partial charge on any atom is -0.312 e. The van der Waals surface area contributed by atoms with Gasteiger partial charge in [0.05, 0.1) is 15.2 Å². The third-order valence-electron chi connectivity index (χ3n) is 3.18. The lowest BCUT2D eigenvalue weighted by molar-refractivity contribution is 0.686. The maximum Gasteiger partial charge on any atom is 0.0951 e. The van der Waals surface area contributed by atoms with E-state index in [0.29, 0.717) is 10.0 Å². The fraction of sp³-hybridized carbons (Fsp3) is 0.188. The highest BCUT2D eigenvalue weighted by atomic mass is 35.5. The number of fused-ring (bicyclic) bond motifs is 1. The third-order valence-corrected chi connectivity index (χ3v) is 4.87. The van der Waals surface area contributed by atoms with Crippen LogP contribution >= 0.6 is 34.5 Å². The van der Waals surface area contributed by atoms with E-state index in [2.05, 4.69) is 22.4 Å². The number of aromatic nitrogens is 1. The maximum atomic E-state index is 6.14. The van der Waals surface area contributed by atoms with Gasteiger partial charge in [-0.15, -0.1) is 11.3 Å². The number of nitrogens with one attached hydrogen (secondary N) is 1. The second kappa shape index (κ2) is 6.75. The van der Waals surface area contributed by atoms with Gasteiger partial charge in [-0.25, -0.2) is 4.98 Å². The lowest BCUT2D eigenvalue weighted by Crippen LogP contribution is -2.16. The molecule has 0 bridgehead atoms. The summed E-state index contributed by atoms with van der Waals surface area (Å²) >= 11 is 13.8. The average molecular weight is 337 g/mol. The number of hydrogen-bond donors (Lipinski definition) is 1. The van der Waals surface area contributed by atoms with Gasteiger partial charge >= 0.3 is 0 Å². The van der Waals surface area contributed by atoms with Crippen LogP contribution < -0.4 is 5.32 Å². The molecule has 0 atom stereocenters. The predicted octanol–water partition coefficient (Wildman–Crippen LogP) is 4.94.